The summed E-state index contributed by atoms with van der Waals surface area (Å²) >= 11 is 6.60. The lowest BCUT2D eigenvalue weighted by atomic mass is 10.4. The molecule has 0 aliphatic carbocycles. The largest absolute Gasteiger partial charge is 0.461 e. The van der Waals surface area contributed by atoms with E-state index in [0.29, 0.717) is 0 Å². The van der Waals surface area contributed by atoms with Crippen LogP contribution in [0.2, 0.25) is 0 Å². The van der Waals surface area contributed by atoms with E-state index in [1.807, 2.05) is 0 Å². The van der Waals surface area contributed by atoms with Crippen LogP contribution in [0.5, 0.6) is 0 Å². The number of hydrogen-bond acceptors (Lipinski definition) is 5. The van der Waals surface area contributed by atoms with Crippen LogP contribution in [-0.4, -0.2) is 43.0 Å². The number of carbonyl (C=O) groups excluding carboxylic acids is 1. The van der Waals surface area contributed by atoms with Crippen LogP contribution < -0.4 is 0 Å². The lowest BCUT2D eigenvalue weighted by molar-refractivity contribution is 0.200. The van der Waals surface area contributed by atoms with Crippen LogP contribution in [0.25, 0.3) is 0 Å². The van der Waals surface area contributed by atoms with E-state index in [-0.39, 0.29) is 16.8 Å². The highest BCUT2D eigenvalue weighted by molar-refractivity contribution is 8.14. The Bertz CT molecular complexity index is 300. The molecule has 0 saturated carbocycles. The monoisotopic (exact) mass is 244 g/mol. The quantitative estimate of drug-likeness (QED) is 0.507. The van der Waals surface area contributed by atoms with Crippen molar-refractivity contribution in [2.24, 2.45) is 0 Å². The van der Waals surface area contributed by atoms with Crippen molar-refractivity contribution in [2.45, 2.75) is 10.6 Å². The number of halogens is 1. The molecule has 7 heteroatoms. The third-order valence-electron chi connectivity index (χ3n) is 1.65. The molecule has 0 unspecified atom stereocenters. The molecule has 4 nitrogen and oxygen atoms in total. The van der Waals surface area contributed by atoms with Gasteiger partial charge in [0.25, 0.3) is 0 Å². The number of alkyl halides is 1. The van der Waals surface area contributed by atoms with Crippen LogP contribution in [0.4, 0.5) is 4.79 Å². The number of rotatable bonds is 1. The zero-order chi connectivity index (χ0) is 10.1. The Balaban J connectivity index is 2.59. The maximum atomic E-state index is 11.1. The molecule has 0 aromatic heterocycles. The van der Waals surface area contributed by atoms with Crippen LogP contribution in [0.3, 0.4) is 0 Å². The molecule has 1 rings (SSSR count). The summed E-state index contributed by atoms with van der Waals surface area (Å²) in [6.07, 6.45) is 0. The van der Waals surface area contributed by atoms with Gasteiger partial charge in [-0.25, -0.2) is 13.2 Å². The van der Waals surface area contributed by atoms with E-state index in [2.05, 4.69) is 4.74 Å². The highest BCUT2D eigenvalue weighted by atomic mass is 35.5. The smallest absolute Gasteiger partial charge is 0.367 e. The number of thioether (sulfide) groups is 1. The van der Waals surface area contributed by atoms with E-state index in [4.69, 9.17) is 11.6 Å². The SMILES string of the molecule is COC(=O)S[C@@H]1CS(=O)(=O)C[C@H]1Cl. The van der Waals surface area contributed by atoms with Crippen molar-refractivity contribution in [1.82, 2.24) is 0 Å². The topological polar surface area (TPSA) is 60.4 Å². The van der Waals surface area contributed by atoms with Crippen molar-refractivity contribution >= 4 is 38.5 Å². The third kappa shape index (κ3) is 3.03. The van der Waals surface area contributed by atoms with Crippen molar-refractivity contribution in [3.8, 4) is 0 Å². The minimum Gasteiger partial charge on any atom is -0.461 e. The number of carbonyl (C=O) groups is 1. The fourth-order valence-electron chi connectivity index (χ4n) is 1.05. The van der Waals surface area contributed by atoms with E-state index in [1.165, 1.54) is 7.11 Å². The Hall–Kier alpha value is 0.0600. The molecule has 0 bridgehead atoms. The van der Waals surface area contributed by atoms with Gasteiger partial charge in [-0.3, -0.25) is 0 Å². The van der Waals surface area contributed by atoms with Gasteiger partial charge >= 0.3 is 5.30 Å². The normalized spacial score (nSPS) is 31.5. The number of sulfone groups is 1. The standard InChI is InChI=1S/C6H9ClO4S2/c1-11-6(8)12-5-3-13(9,10)2-4(5)7/h4-5H,2-3H2,1H3/t4-,5-/m1/s1. The highest BCUT2D eigenvalue weighted by Crippen LogP contribution is 2.29. The predicted molar refractivity (Wildman–Crippen MR) is 52.1 cm³/mol. The van der Waals surface area contributed by atoms with Crippen molar-refractivity contribution in [3.63, 3.8) is 0 Å². The number of ether oxygens (including phenoxy) is 1. The van der Waals surface area contributed by atoms with Crippen LogP contribution in [-0.2, 0) is 14.6 Å². The predicted octanol–water partition coefficient (Wildman–Crippen LogP) is 0.890. The fraction of sp³-hybridized carbons (Fsp3) is 0.833. The van der Waals surface area contributed by atoms with Crippen molar-refractivity contribution in [1.29, 1.82) is 0 Å². The van der Waals surface area contributed by atoms with Crippen LogP contribution in [0, 0.1) is 0 Å². The van der Waals surface area contributed by atoms with Gasteiger partial charge in [-0.15, -0.1) is 11.6 Å². The summed E-state index contributed by atoms with van der Waals surface area (Å²) in [5, 5.41) is -1.36. The van der Waals surface area contributed by atoms with Crippen molar-refractivity contribution in [3.05, 3.63) is 0 Å². The molecule has 76 valence electrons. The van der Waals surface area contributed by atoms with Gasteiger partial charge in [-0.2, -0.15) is 0 Å². The van der Waals surface area contributed by atoms with Gasteiger partial charge in [-0.1, -0.05) is 0 Å². The molecule has 1 aliphatic rings. The Labute approximate surface area is 85.9 Å². The third-order valence-corrected chi connectivity index (χ3v) is 5.54. The van der Waals surface area contributed by atoms with Gasteiger partial charge in [0.05, 0.1) is 24.0 Å². The van der Waals surface area contributed by atoms with Crippen molar-refractivity contribution < 1.29 is 17.9 Å². The Morgan fingerprint density at radius 3 is 2.54 bits per heavy atom. The van der Waals surface area contributed by atoms with Gasteiger partial charge < -0.3 is 4.74 Å². The molecule has 0 N–H and O–H groups in total. The Morgan fingerprint density at radius 1 is 1.54 bits per heavy atom. The van der Waals surface area contributed by atoms with Gasteiger partial charge in [0, 0.05) is 5.25 Å². The molecule has 0 radical (unpaired) electrons. The summed E-state index contributed by atoms with van der Waals surface area (Å²) in [6.45, 7) is 0. The molecular weight excluding hydrogens is 236 g/mol. The molecule has 0 amide bonds. The second kappa shape index (κ2) is 4.06. The molecule has 1 fully saturated rings. The first-order valence-corrected chi connectivity index (χ1v) is 6.67. The number of methoxy groups -OCH3 is 1. The van der Waals surface area contributed by atoms with E-state index in [0.717, 1.165) is 11.8 Å². The average Bonchev–Trinajstić information content (AvgIpc) is 2.24. The van der Waals surface area contributed by atoms with E-state index < -0.39 is 20.5 Å². The highest BCUT2D eigenvalue weighted by Gasteiger charge is 2.38. The summed E-state index contributed by atoms with van der Waals surface area (Å²) in [7, 11) is -1.81. The molecule has 1 saturated heterocycles. The molecule has 0 aromatic rings. The summed E-state index contributed by atoms with van der Waals surface area (Å²) in [4.78, 5) is 10.8. The lowest BCUT2D eigenvalue weighted by Gasteiger charge is -2.08. The van der Waals surface area contributed by atoms with Gasteiger partial charge in [-0.05, 0) is 11.8 Å². The van der Waals surface area contributed by atoms with Gasteiger partial charge in [0.2, 0.25) is 0 Å². The average molecular weight is 245 g/mol. The summed E-state index contributed by atoms with van der Waals surface area (Å²) in [5.74, 6) is -0.0931. The zero-order valence-corrected chi connectivity index (χ0v) is 9.29. The Kier molecular flexibility index (Phi) is 3.48. The van der Waals surface area contributed by atoms with E-state index >= 15 is 0 Å². The van der Waals surface area contributed by atoms with E-state index in [1.54, 1.807) is 0 Å². The molecule has 0 spiro atoms. The summed E-state index contributed by atoms with van der Waals surface area (Å²) in [5.41, 5.74) is 0. The molecule has 0 aromatic carbocycles. The first-order chi connectivity index (χ1) is 5.94. The summed E-state index contributed by atoms with van der Waals surface area (Å²) in [6, 6.07) is 0. The molecular formula is C6H9ClO4S2. The first kappa shape index (κ1) is 11.1. The molecule has 2 atom stereocenters. The van der Waals surface area contributed by atoms with Crippen LogP contribution >= 0.6 is 23.4 Å². The maximum Gasteiger partial charge on any atom is 0.367 e. The Morgan fingerprint density at radius 2 is 2.15 bits per heavy atom. The second-order valence-corrected chi connectivity index (χ2v) is 6.59. The van der Waals surface area contributed by atoms with E-state index in [9.17, 15) is 13.2 Å². The minimum atomic E-state index is -3.06. The summed E-state index contributed by atoms with van der Waals surface area (Å²) < 4.78 is 26.5. The minimum absolute atomic E-state index is 0.0407. The lowest BCUT2D eigenvalue weighted by Crippen LogP contribution is -2.16. The van der Waals surface area contributed by atoms with Gasteiger partial charge in [0.15, 0.2) is 9.84 Å². The maximum absolute atomic E-state index is 11.1. The zero-order valence-electron chi connectivity index (χ0n) is 6.90. The molecule has 1 aliphatic heterocycles. The number of hydrogen-bond donors (Lipinski definition) is 0. The van der Waals surface area contributed by atoms with Crippen molar-refractivity contribution in [2.75, 3.05) is 18.6 Å². The fourth-order valence-corrected chi connectivity index (χ4v) is 5.17. The molecule has 1 heterocycles. The second-order valence-electron chi connectivity index (χ2n) is 2.70. The van der Waals surface area contributed by atoms with Crippen LogP contribution in [0.15, 0.2) is 0 Å². The van der Waals surface area contributed by atoms with Gasteiger partial charge in [0.1, 0.15) is 0 Å². The van der Waals surface area contributed by atoms with Crippen LogP contribution in [0.1, 0.15) is 0 Å². The first-order valence-electron chi connectivity index (χ1n) is 3.54. The molecule has 13 heavy (non-hydrogen) atoms.